The lowest BCUT2D eigenvalue weighted by atomic mass is 9.98. The fraction of sp³-hybridized carbons (Fsp3) is 0.417. The molecular formula is C12H17NO3. The lowest BCUT2D eigenvalue weighted by Crippen LogP contribution is -2.14. The highest BCUT2D eigenvalue weighted by atomic mass is 16.3. The van der Waals surface area contributed by atoms with Gasteiger partial charge in [-0.1, -0.05) is 35.9 Å². The van der Waals surface area contributed by atoms with Crippen LogP contribution < -0.4 is 0 Å². The Balaban J connectivity index is 4.47. The van der Waals surface area contributed by atoms with Crippen molar-refractivity contribution in [2.24, 2.45) is 11.1 Å². The molecule has 1 N–H and O–H groups in total. The first-order valence-corrected chi connectivity index (χ1v) is 5.07. The molecule has 0 heterocycles. The highest BCUT2D eigenvalue weighted by Crippen LogP contribution is 2.14. The van der Waals surface area contributed by atoms with Crippen molar-refractivity contribution in [3.8, 4) is 0 Å². The molecule has 2 atom stereocenters. The number of aliphatic hydroxyl groups excluding tert-OH is 1. The number of nitrogens with zero attached hydrogens (tertiary/aromatic N) is 1. The molecule has 0 fully saturated rings. The maximum Gasteiger partial charge on any atom is 0.122 e. The molecule has 0 rings (SSSR count). The summed E-state index contributed by atoms with van der Waals surface area (Å²) in [5.74, 6) is -0.0783. The van der Waals surface area contributed by atoms with E-state index < -0.39 is 6.04 Å². The van der Waals surface area contributed by atoms with E-state index in [1.807, 2.05) is 19.9 Å². The molecule has 16 heavy (non-hydrogen) atoms. The van der Waals surface area contributed by atoms with E-state index in [0.29, 0.717) is 6.29 Å². The van der Waals surface area contributed by atoms with Gasteiger partial charge in [0.15, 0.2) is 0 Å². The van der Waals surface area contributed by atoms with E-state index in [4.69, 9.17) is 5.11 Å². The molecule has 0 aromatic heterocycles. The molecule has 4 heteroatoms. The molecule has 0 saturated heterocycles. The Hall–Kier alpha value is -1.71. The van der Waals surface area contributed by atoms with Gasteiger partial charge in [-0.3, -0.25) is 0 Å². The Bertz CT molecular complexity index is 305. The van der Waals surface area contributed by atoms with Gasteiger partial charge in [0, 0.05) is 12.3 Å². The monoisotopic (exact) mass is 223 g/mol. The normalized spacial score (nSPS) is 16.5. The van der Waals surface area contributed by atoms with E-state index in [9.17, 15) is 9.70 Å². The van der Waals surface area contributed by atoms with E-state index in [-0.39, 0.29) is 12.3 Å². The molecule has 4 nitrogen and oxygen atoms in total. The molecule has 0 aliphatic carbocycles. The van der Waals surface area contributed by atoms with Gasteiger partial charge in [-0.2, -0.15) is 4.91 Å². The highest BCUT2D eigenvalue weighted by molar-refractivity contribution is 5.50. The summed E-state index contributed by atoms with van der Waals surface area (Å²) in [6, 6.07) is -0.505. The van der Waals surface area contributed by atoms with E-state index in [1.54, 1.807) is 12.2 Å². The number of rotatable bonds is 7. The number of carbonyl (C=O) groups excluding carboxylic acids is 1. The van der Waals surface area contributed by atoms with Crippen molar-refractivity contribution < 1.29 is 9.90 Å². The molecule has 0 aromatic carbocycles. The summed E-state index contributed by atoms with van der Waals surface area (Å²) >= 11 is 0. The Labute approximate surface area is 95.3 Å². The van der Waals surface area contributed by atoms with Crippen LogP contribution >= 0.6 is 0 Å². The summed E-state index contributed by atoms with van der Waals surface area (Å²) in [6.07, 6.45) is 8.63. The van der Waals surface area contributed by atoms with Crippen LogP contribution in [0, 0.1) is 10.8 Å². The van der Waals surface area contributed by atoms with Crippen molar-refractivity contribution in [3.05, 3.63) is 41.0 Å². The van der Waals surface area contributed by atoms with Crippen molar-refractivity contribution in [3.63, 3.8) is 0 Å². The van der Waals surface area contributed by atoms with Gasteiger partial charge in [0.25, 0.3) is 0 Å². The van der Waals surface area contributed by atoms with Crippen LogP contribution in [0.2, 0.25) is 0 Å². The van der Waals surface area contributed by atoms with Crippen molar-refractivity contribution in [2.75, 3.05) is 0 Å². The van der Waals surface area contributed by atoms with Crippen LogP contribution in [0.5, 0.6) is 0 Å². The lowest BCUT2D eigenvalue weighted by Gasteiger charge is -2.11. The number of allylic oxidation sites excluding steroid dienone is 4. The molecule has 0 unspecified atom stereocenters. The van der Waals surface area contributed by atoms with Gasteiger partial charge in [0.1, 0.15) is 12.3 Å². The molecule has 0 aromatic rings. The van der Waals surface area contributed by atoms with Gasteiger partial charge in [-0.05, 0) is 13.0 Å². The van der Waals surface area contributed by atoms with Gasteiger partial charge in [0.2, 0.25) is 0 Å². The summed E-state index contributed by atoms with van der Waals surface area (Å²) in [5, 5.41) is 11.3. The summed E-state index contributed by atoms with van der Waals surface area (Å²) in [5.41, 5.74) is 0.949. The topological polar surface area (TPSA) is 66.7 Å². The summed E-state index contributed by atoms with van der Waals surface area (Å²) in [4.78, 5) is 20.8. The Morgan fingerprint density at radius 2 is 2.12 bits per heavy atom. The van der Waals surface area contributed by atoms with E-state index in [0.717, 1.165) is 11.8 Å². The minimum absolute atomic E-state index is 0.0783. The SMILES string of the molecule is CC(/C=C/C=C/O)=C\[C@H](C)[C@H](CC=O)N=O. The molecule has 0 bridgehead atoms. The summed E-state index contributed by atoms with van der Waals surface area (Å²) in [6.45, 7) is 3.72. The Morgan fingerprint density at radius 1 is 1.44 bits per heavy atom. The molecule has 0 radical (unpaired) electrons. The van der Waals surface area contributed by atoms with Crippen molar-refractivity contribution >= 4 is 6.29 Å². The van der Waals surface area contributed by atoms with E-state index in [2.05, 4.69) is 5.18 Å². The number of hydrogen-bond acceptors (Lipinski definition) is 4. The molecule has 0 aliphatic heterocycles. The first-order chi connectivity index (χ1) is 7.65. The zero-order valence-electron chi connectivity index (χ0n) is 9.54. The van der Waals surface area contributed by atoms with Crippen molar-refractivity contribution in [1.82, 2.24) is 0 Å². The quantitative estimate of drug-likeness (QED) is 0.312. The number of hydrogen-bond donors (Lipinski definition) is 1. The minimum atomic E-state index is -0.505. The maximum absolute atomic E-state index is 10.5. The standard InChI is InChI=1S/C12H17NO3/c1-10(5-3-4-7-14)9-11(2)12(13-16)6-8-15/h3-5,7-9,11-12,14H,6H2,1-2H3/b5-3+,7-4+,10-9+/t11-,12-/m0/s1. The number of nitroso groups, excluding NO2 is 1. The minimum Gasteiger partial charge on any atom is -0.516 e. The average Bonchev–Trinajstić information content (AvgIpc) is 2.26. The first-order valence-electron chi connectivity index (χ1n) is 5.07. The van der Waals surface area contributed by atoms with Crippen LogP contribution in [0.1, 0.15) is 20.3 Å². The fourth-order valence-electron chi connectivity index (χ4n) is 1.29. The molecule has 0 saturated carbocycles. The van der Waals surface area contributed by atoms with Crippen LogP contribution in [-0.4, -0.2) is 17.4 Å². The zero-order valence-corrected chi connectivity index (χ0v) is 9.54. The molecule has 0 spiro atoms. The second-order valence-electron chi connectivity index (χ2n) is 3.55. The van der Waals surface area contributed by atoms with Crippen LogP contribution in [0.4, 0.5) is 0 Å². The fourth-order valence-corrected chi connectivity index (χ4v) is 1.29. The highest BCUT2D eigenvalue weighted by Gasteiger charge is 2.14. The predicted molar refractivity (Wildman–Crippen MR) is 64.1 cm³/mol. The largest absolute Gasteiger partial charge is 0.516 e. The number of carbonyl (C=O) groups is 1. The van der Waals surface area contributed by atoms with Gasteiger partial charge >= 0.3 is 0 Å². The van der Waals surface area contributed by atoms with Gasteiger partial charge in [0.05, 0.1) is 6.26 Å². The molecular weight excluding hydrogens is 206 g/mol. The van der Waals surface area contributed by atoms with Crippen LogP contribution in [0.3, 0.4) is 0 Å². The lowest BCUT2D eigenvalue weighted by molar-refractivity contribution is -0.108. The molecule has 88 valence electrons. The second-order valence-corrected chi connectivity index (χ2v) is 3.55. The zero-order chi connectivity index (χ0) is 12.4. The van der Waals surface area contributed by atoms with Gasteiger partial charge < -0.3 is 9.90 Å². The van der Waals surface area contributed by atoms with Crippen molar-refractivity contribution in [2.45, 2.75) is 26.3 Å². The summed E-state index contributed by atoms with van der Waals surface area (Å²) < 4.78 is 0. The third-order valence-corrected chi connectivity index (χ3v) is 2.16. The number of aliphatic hydroxyl groups is 1. The van der Waals surface area contributed by atoms with Crippen LogP contribution in [0.15, 0.2) is 41.3 Å². The Kier molecular flexibility index (Phi) is 7.67. The Morgan fingerprint density at radius 3 is 2.62 bits per heavy atom. The first kappa shape index (κ1) is 14.3. The second kappa shape index (κ2) is 8.59. The van der Waals surface area contributed by atoms with E-state index in [1.165, 1.54) is 6.08 Å². The van der Waals surface area contributed by atoms with Gasteiger partial charge in [-0.25, -0.2) is 0 Å². The predicted octanol–water partition coefficient (Wildman–Crippen LogP) is 2.92. The van der Waals surface area contributed by atoms with Crippen LogP contribution in [0.25, 0.3) is 0 Å². The third kappa shape index (κ3) is 5.90. The summed E-state index contributed by atoms with van der Waals surface area (Å²) in [7, 11) is 0. The maximum atomic E-state index is 10.5. The number of aldehydes is 1. The smallest absolute Gasteiger partial charge is 0.122 e. The van der Waals surface area contributed by atoms with Crippen LogP contribution in [-0.2, 0) is 4.79 Å². The third-order valence-electron chi connectivity index (χ3n) is 2.16. The average molecular weight is 223 g/mol. The van der Waals surface area contributed by atoms with Crippen molar-refractivity contribution in [1.29, 1.82) is 0 Å². The van der Waals surface area contributed by atoms with Gasteiger partial charge in [-0.15, -0.1) is 0 Å². The molecule has 0 amide bonds. The van der Waals surface area contributed by atoms with E-state index >= 15 is 0 Å². The molecule has 0 aliphatic rings.